The predicted molar refractivity (Wildman–Crippen MR) is 103 cm³/mol. The number of aryl methyl sites for hydroxylation is 1. The number of carbonyl (C=O) groups excluding carboxylic acids is 3. The number of aromatic nitrogens is 1. The Morgan fingerprint density at radius 2 is 1.70 bits per heavy atom. The molecule has 0 aliphatic carbocycles. The summed E-state index contributed by atoms with van der Waals surface area (Å²) in [6, 6.07) is 8.96. The molecule has 0 saturated carbocycles. The SMILES string of the molecule is Cc1cc(CCNC(=O)CCCN2C(=O)c3ccccc3C2=O)c(C)n1C. The second kappa shape index (κ2) is 7.78. The Morgan fingerprint density at radius 3 is 2.26 bits per heavy atom. The van der Waals surface area contributed by atoms with Gasteiger partial charge in [-0.25, -0.2) is 0 Å². The molecule has 1 N–H and O–H groups in total. The summed E-state index contributed by atoms with van der Waals surface area (Å²) in [4.78, 5) is 37.8. The molecule has 1 aromatic carbocycles. The lowest BCUT2D eigenvalue weighted by atomic mass is 10.1. The highest BCUT2D eigenvalue weighted by Crippen LogP contribution is 2.22. The van der Waals surface area contributed by atoms with Gasteiger partial charge in [0.25, 0.3) is 11.8 Å². The number of amides is 3. The van der Waals surface area contributed by atoms with Gasteiger partial charge in [0.15, 0.2) is 0 Å². The first-order chi connectivity index (χ1) is 12.9. The van der Waals surface area contributed by atoms with Gasteiger partial charge in [-0.1, -0.05) is 12.1 Å². The lowest BCUT2D eigenvalue weighted by Crippen LogP contribution is -2.32. The topological polar surface area (TPSA) is 71.4 Å². The van der Waals surface area contributed by atoms with E-state index >= 15 is 0 Å². The van der Waals surface area contributed by atoms with Crippen LogP contribution in [0.4, 0.5) is 0 Å². The van der Waals surface area contributed by atoms with Crippen LogP contribution in [-0.2, 0) is 18.3 Å². The molecular weight excluding hydrogens is 342 g/mol. The molecular formula is C21H25N3O3. The van der Waals surface area contributed by atoms with Crippen molar-refractivity contribution in [2.45, 2.75) is 33.1 Å². The molecule has 27 heavy (non-hydrogen) atoms. The zero-order valence-electron chi connectivity index (χ0n) is 16.0. The minimum Gasteiger partial charge on any atom is -0.356 e. The Labute approximate surface area is 159 Å². The lowest BCUT2D eigenvalue weighted by Gasteiger charge is -2.13. The lowest BCUT2D eigenvalue weighted by molar-refractivity contribution is -0.121. The van der Waals surface area contributed by atoms with Crippen molar-refractivity contribution in [3.05, 3.63) is 58.4 Å². The standard InChI is InChI=1S/C21H25N3O3/c1-14-13-16(15(2)23(14)3)10-11-22-19(25)9-6-12-24-20(26)17-7-4-5-8-18(17)21(24)27/h4-5,7-8,13H,6,9-12H2,1-3H3,(H,22,25). The van der Waals surface area contributed by atoms with Gasteiger partial charge in [0.05, 0.1) is 11.1 Å². The molecule has 0 bridgehead atoms. The van der Waals surface area contributed by atoms with Gasteiger partial charge in [-0.2, -0.15) is 0 Å². The van der Waals surface area contributed by atoms with Crippen LogP contribution >= 0.6 is 0 Å². The van der Waals surface area contributed by atoms with E-state index in [9.17, 15) is 14.4 Å². The first-order valence-electron chi connectivity index (χ1n) is 9.24. The second-order valence-corrected chi connectivity index (χ2v) is 6.97. The second-order valence-electron chi connectivity index (χ2n) is 6.97. The van der Waals surface area contributed by atoms with Gasteiger partial charge in [0, 0.05) is 37.9 Å². The van der Waals surface area contributed by atoms with Crippen LogP contribution in [0, 0.1) is 13.8 Å². The average molecular weight is 367 g/mol. The quantitative estimate of drug-likeness (QED) is 0.764. The molecule has 0 atom stereocenters. The highest BCUT2D eigenvalue weighted by Gasteiger charge is 2.34. The summed E-state index contributed by atoms with van der Waals surface area (Å²) in [6.45, 7) is 4.98. The van der Waals surface area contributed by atoms with Gasteiger partial charge in [-0.3, -0.25) is 19.3 Å². The van der Waals surface area contributed by atoms with Crippen LogP contribution in [0.25, 0.3) is 0 Å². The van der Waals surface area contributed by atoms with E-state index in [0.717, 1.165) is 6.42 Å². The first kappa shape index (κ1) is 18.9. The zero-order valence-corrected chi connectivity index (χ0v) is 16.0. The molecule has 6 nitrogen and oxygen atoms in total. The Balaban J connectivity index is 1.42. The first-order valence-corrected chi connectivity index (χ1v) is 9.24. The molecule has 1 aliphatic rings. The third kappa shape index (κ3) is 3.79. The molecule has 3 rings (SSSR count). The van der Waals surface area contributed by atoms with Crippen LogP contribution in [0.2, 0.25) is 0 Å². The van der Waals surface area contributed by atoms with Gasteiger partial charge in [0.2, 0.25) is 5.91 Å². The molecule has 6 heteroatoms. The van der Waals surface area contributed by atoms with Gasteiger partial charge in [0.1, 0.15) is 0 Å². The van der Waals surface area contributed by atoms with E-state index in [-0.39, 0.29) is 24.3 Å². The summed E-state index contributed by atoms with van der Waals surface area (Å²) in [5.74, 6) is -0.603. The van der Waals surface area contributed by atoms with E-state index in [1.54, 1.807) is 24.3 Å². The van der Waals surface area contributed by atoms with Crippen molar-refractivity contribution in [1.82, 2.24) is 14.8 Å². The fraction of sp³-hybridized carbons (Fsp3) is 0.381. The maximum absolute atomic E-state index is 12.3. The number of carbonyl (C=O) groups is 3. The van der Waals surface area contributed by atoms with Crippen LogP contribution in [0.15, 0.2) is 30.3 Å². The summed E-state index contributed by atoms with van der Waals surface area (Å²) in [5, 5.41) is 2.92. The summed E-state index contributed by atoms with van der Waals surface area (Å²) >= 11 is 0. The molecule has 0 fully saturated rings. The van der Waals surface area contributed by atoms with E-state index in [4.69, 9.17) is 0 Å². The molecule has 2 aromatic rings. The molecule has 1 aliphatic heterocycles. The summed E-state index contributed by atoms with van der Waals surface area (Å²) < 4.78 is 2.14. The molecule has 0 unspecified atom stereocenters. The smallest absolute Gasteiger partial charge is 0.261 e. The van der Waals surface area contributed by atoms with Crippen molar-refractivity contribution < 1.29 is 14.4 Å². The fourth-order valence-electron chi connectivity index (χ4n) is 3.45. The number of hydrogen-bond acceptors (Lipinski definition) is 3. The maximum Gasteiger partial charge on any atom is 0.261 e. The monoisotopic (exact) mass is 367 g/mol. The van der Waals surface area contributed by atoms with Crippen LogP contribution in [-0.4, -0.2) is 40.3 Å². The van der Waals surface area contributed by atoms with Crippen molar-refractivity contribution >= 4 is 17.7 Å². The normalized spacial score (nSPS) is 13.2. The summed E-state index contributed by atoms with van der Waals surface area (Å²) in [7, 11) is 2.03. The van der Waals surface area contributed by atoms with Crippen molar-refractivity contribution in [2.24, 2.45) is 7.05 Å². The van der Waals surface area contributed by atoms with Crippen LogP contribution in [0.5, 0.6) is 0 Å². The van der Waals surface area contributed by atoms with E-state index in [1.807, 2.05) is 7.05 Å². The molecule has 2 heterocycles. The van der Waals surface area contributed by atoms with Gasteiger partial charge < -0.3 is 9.88 Å². The minimum absolute atomic E-state index is 0.0584. The highest BCUT2D eigenvalue weighted by molar-refractivity contribution is 6.21. The highest BCUT2D eigenvalue weighted by atomic mass is 16.2. The van der Waals surface area contributed by atoms with E-state index in [0.29, 0.717) is 30.5 Å². The van der Waals surface area contributed by atoms with Crippen molar-refractivity contribution in [1.29, 1.82) is 0 Å². The van der Waals surface area contributed by atoms with Crippen molar-refractivity contribution in [2.75, 3.05) is 13.1 Å². The molecule has 0 saturated heterocycles. The van der Waals surface area contributed by atoms with Crippen molar-refractivity contribution in [3.8, 4) is 0 Å². The van der Waals surface area contributed by atoms with Crippen LogP contribution < -0.4 is 5.32 Å². The number of fused-ring (bicyclic) bond motifs is 1. The van der Waals surface area contributed by atoms with Gasteiger partial charge in [-0.15, -0.1) is 0 Å². The molecule has 0 radical (unpaired) electrons. The van der Waals surface area contributed by atoms with E-state index in [1.165, 1.54) is 21.9 Å². The van der Waals surface area contributed by atoms with Crippen LogP contribution in [0.1, 0.15) is 50.5 Å². The predicted octanol–water partition coefficient (Wildman–Crippen LogP) is 2.38. The molecule has 142 valence electrons. The summed E-state index contributed by atoms with van der Waals surface area (Å²) in [6.07, 6.45) is 1.54. The maximum atomic E-state index is 12.3. The zero-order chi connectivity index (χ0) is 19.6. The van der Waals surface area contributed by atoms with Crippen LogP contribution in [0.3, 0.4) is 0 Å². The van der Waals surface area contributed by atoms with Gasteiger partial charge >= 0.3 is 0 Å². The number of imide groups is 1. The number of hydrogen-bond donors (Lipinski definition) is 1. The molecule has 1 aromatic heterocycles. The molecule has 0 spiro atoms. The van der Waals surface area contributed by atoms with Crippen molar-refractivity contribution in [3.63, 3.8) is 0 Å². The third-order valence-corrected chi connectivity index (χ3v) is 5.26. The largest absolute Gasteiger partial charge is 0.356 e. The van der Waals surface area contributed by atoms with Gasteiger partial charge in [-0.05, 0) is 50.5 Å². The fourth-order valence-corrected chi connectivity index (χ4v) is 3.45. The third-order valence-electron chi connectivity index (χ3n) is 5.26. The number of nitrogens with one attached hydrogen (secondary N) is 1. The van der Waals surface area contributed by atoms with E-state index < -0.39 is 0 Å². The number of rotatable bonds is 7. The number of nitrogens with zero attached hydrogens (tertiary/aromatic N) is 2. The Kier molecular flexibility index (Phi) is 5.44. The average Bonchev–Trinajstić information content (AvgIpc) is 3.04. The Hall–Kier alpha value is -2.89. The number of benzene rings is 1. The van der Waals surface area contributed by atoms with E-state index in [2.05, 4.69) is 29.8 Å². The Morgan fingerprint density at radius 1 is 1.07 bits per heavy atom. The Bertz CT molecular complexity index is 863. The summed E-state index contributed by atoms with van der Waals surface area (Å²) in [5.41, 5.74) is 4.55. The molecule has 3 amide bonds. The minimum atomic E-state index is -0.272.